The van der Waals surface area contributed by atoms with Gasteiger partial charge < -0.3 is 5.11 Å². The van der Waals surface area contributed by atoms with Crippen LogP contribution in [0, 0.1) is 11.6 Å². The highest BCUT2D eigenvalue weighted by Crippen LogP contribution is 2.49. The minimum atomic E-state index is -4.07. The summed E-state index contributed by atoms with van der Waals surface area (Å²) in [5.74, 6) is -1.53. The lowest BCUT2D eigenvalue weighted by molar-refractivity contribution is 0.179. The van der Waals surface area contributed by atoms with Crippen LogP contribution in [0.2, 0.25) is 5.02 Å². The van der Waals surface area contributed by atoms with E-state index in [1.807, 2.05) is 0 Å². The van der Waals surface area contributed by atoms with Gasteiger partial charge in [0.2, 0.25) is 0 Å². The first-order valence-electron chi connectivity index (χ1n) is 7.40. The summed E-state index contributed by atoms with van der Waals surface area (Å²) >= 11 is 5.80. The molecule has 1 N–H and O–H groups in total. The average molecular weight is 373 g/mol. The molecule has 2 aromatic carbocycles. The summed E-state index contributed by atoms with van der Waals surface area (Å²) in [6.07, 6.45) is -0.865. The van der Waals surface area contributed by atoms with Gasteiger partial charge >= 0.3 is 0 Å². The Hall–Kier alpha value is -1.50. The van der Waals surface area contributed by atoms with Crippen LogP contribution in [0.15, 0.2) is 47.4 Å². The lowest BCUT2D eigenvalue weighted by Gasteiger charge is -2.30. The summed E-state index contributed by atoms with van der Waals surface area (Å²) in [7, 11) is -4.07. The van der Waals surface area contributed by atoms with Gasteiger partial charge in [-0.3, -0.25) is 0 Å². The summed E-state index contributed by atoms with van der Waals surface area (Å²) in [4.78, 5) is -0.0374. The highest BCUT2D eigenvalue weighted by molar-refractivity contribution is 7.92. The third kappa shape index (κ3) is 2.72. The Morgan fingerprint density at radius 3 is 2.38 bits per heavy atom. The van der Waals surface area contributed by atoms with Crippen molar-refractivity contribution in [3.8, 4) is 0 Å². The molecule has 128 valence electrons. The predicted octanol–water partition coefficient (Wildman–Crippen LogP) is 3.83. The van der Waals surface area contributed by atoms with E-state index in [9.17, 15) is 22.3 Å². The molecule has 3 rings (SSSR count). The molecule has 2 atom stereocenters. The van der Waals surface area contributed by atoms with Gasteiger partial charge in [-0.15, -0.1) is 0 Å². The zero-order chi connectivity index (χ0) is 17.5. The van der Waals surface area contributed by atoms with Crippen molar-refractivity contribution < 1.29 is 22.3 Å². The SMILES string of the molecule is O=S(=O)(c1ccc(Cl)cc1)C1(c2cc(F)ccc2F)CCC(O)C1. The topological polar surface area (TPSA) is 54.4 Å². The minimum absolute atomic E-state index is 0.0134. The van der Waals surface area contributed by atoms with Gasteiger partial charge in [-0.2, -0.15) is 0 Å². The zero-order valence-electron chi connectivity index (χ0n) is 12.5. The second-order valence-electron chi connectivity index (χ2n) is 5.97. The first-order valence-corrected chi connectivity index (χ1v) is 9.26. The molecule has 3 nitrogen and oxygen atoms in total. The van der Waals surface area contributed by atoms with E-state index >= 15 is 0 Å². The molecule has 1 aliphatic carbocycles. The summed E-state index contributed by atoms with van der Waals surface area (Å²) in [6.45, 7) is 0. The fraction of sp³-hybridized carbons (Fsp3) is 0.294. The average Bonchev–Trinajstić information content (AvgIpc) is 2.94. The Morgan fingerprint density at radius 1 is 1.12 bits per heavy atom. The van der Waals surface area contributed by atoms with Crippen molar-refractivity contribution in [3.63, 3.8) is 0 Å². The molecule has 1 fully saturated rings. The largest absolute Gasteiger partial charge is 0.393 e. The third-order valence-electron chi connectivity index (χ3n) is 4.50. The third-order valence-corrected chi connectivity index (χ3v) is 7.27. The smallest absolute Gasteiger partial charge is 0.188 e. The molecular formula is C17H15ClF2O3S. The van der Waals surface area contributed by atoms with Crippen LogP contribution >= 0.6 is 11.6 Å². The van der Waals surface area contributed by atoms with Gasteiger partial charge in [-0.1, -0.05) is 11.6 Å². The second kappa shape index (κ2) is 6.10. The maximum Gasteiger partial charge on any atom is 0.188 e. The van der Waals surface area contributed by atoms with Crippen LogP contribution in [0.4, 0.5) is 8.78 Å². The molecule has 0 saturated heterocycles. The standard InChI is InChI=1S/C17H15ClF2O3S/c18-11-1-4-14(5-2-11)24(22,23)17(8-7-13(21)10-17)15-9-12(19)3-6-16(15)20/h1-6,9,13,21H,7-8,10H2. The molecule has 0 bridgehead atoms. The Kier molecular flexibility index (Phi) is 4.40. The fourth-order valence-corrected chi connectivity index (χ4v) is 5.62. The maximum atomic E-state index is 14.4. The number of rotatable bonds is 3. The number of hydrogen-bond donors (Lipinski definition) is 1. The van der Waals surface area contributed by atoms with Gasteiger partial charge in [-0.25, -0.2) is 17.2 Å². The molecule has 24 heavy (non-hydrogen) atoms. The lowest BCUT2D eigenvalue weighted by atomic mass is 9.95. The molecule has 2 aromatic rings. The first-order chi connectivity index (χ1) is 11.3. The van der Waals surface area contributed by atoms with Gasteiger partial charge in [0.05, 0.1) is 11.0 Å². The van der Waals surface area contributed by atoms with Crippen molar-refractivity contribution in [2.45, 2.75) is 35.0 Å². The Morgan fingerprint density at radius 2 is 1.79 bits per heavy atom. The number of aliphatic hydroxyl groups is 1. The van der Waals surface area contributed by atoms with Crippen LogP contribution in [0.25, 0.3) is 0 Å². The van der Waals surface area contributed by atoms with Crippen molar-refractivity contribution in [2.75, 3.05) is 0 Å². The van der Waals surface area contributed by atoms with Crippen LogP contribution in [0.3, 0.4) is 0 Å². The Bertz CT molecular complexity index is 868. The fourth-order valence-electron chi connectivity index (χ4n) is 3.30. The zero-order valence-corrected chi connectivity index (χ0v) is 14.1. The summed E-state index contributed by atoms with van der Waals surface area (Å²) in [6, 6.07) is 8.27. The maximum absolute atomic E-state index is 14.4. The minimum Gasteiger partial charge on any atom is -0.393 e. The van der Waals surface area contributed by atoms with E-state index in [1.54, 1.807) is 0 Å². The van der Waals surface area contributed by atoms with E-state index in [4.69, 9.17) is 11.6 Å². The van der Waals surface area contributed by atoms with Crippen LogP contribution in [-0.4, -0.2) is 19.6 Å². The van der Waals surface area contributed by atoms with Crippen LogP contribution in [0.5, 0.6) is 0 Å². The van der Waals surface area contributed by atoms with Gasteiger partial charge in [0.1, 0.15) is 16.4 Å². The molecule has 0 heterocycles. The van der Waals surface area contributed by atoms with E-state index in [0.717, 1.165) is 18.2 Å². The van der Waals surface area contributed by atoms with Gasteiger partial charge in [0.15, 0.2) is 9.84 Å². The van der Waals surface area contributed by atoms with Crippen LogP contribution in [-0.2, 0) is 14.6 Å². The molecule has 2 unspecified atom stereocenters. The molecule has 7 heteroatoms. The number of aliphatic hydroxyl groups excluding tert-OH is 1. The van der Waals surface area contributed by atoms with E-state index < -0.39 is 32.3 Å². The van der Waals surface area contributed by atoms with E-state index in [-0.39, 0.29) is 29.7 Å². The molecule has 0 spiro atoms. The normalized spacial score (nSPS) is 24.2. The van der Waals surface area contributed by atoms with E-state index in [1.165, 1.54) is 24.3 Å². The molecule has 0 amide bonds. The quantitative estimate of drug-likeness (QED) is 0.890. The van der Waals surface area contributed by atoms with Crippen molar-refractivity contribution >= 4 is 21.4 Å². The molecule has 1 aliphatic rings. The highest BCUT2D eigenvalue weighted by atomic mass is 35.5. The molecular weight excluding hydrogens is 358 g/mol. The Balaban J connectivity index is 2.23. The summed E-state index contributed by atoms with van der Waals surface area (Å²) < 4.78 is 52.8. The molecule has 0 aliphatic heterocycles. The highest BCUT2D eigenvalue weighted by Gasteiger charge is 2.52. The molecule has 0 radical (unpaired) electrons. The predicted molar refractivity (Wildman–Crippen MR) is 86.5 cm³/mol. The van der Waals surface area contributed by atoms with Crippen molar-refractivity contribution in [3.05, 3.63) is 64.7 Å². The number of sulfone groups is 1. The van der Waals surface area contributed by atoms with Crippen molar-refractivity contribution in [1.82, 2.24) is 0 Å². The monoisotopic (exact) mass is 372 g/mol. The van der Waals surface area contributed by atoms with Crippen molar-refractivity contribution in [1.29, 1.82) is 0 Å². The van der Waals surface area contributed by atoms with Crippen molar-refractivity contribution in [2.24, 2.45) is 0 Å². The molecule has 1 saturated carbocycles. The number of hydrogen-bond acceptors (Lipinski definition) is 3. The lowest BCUT2D eigenvalue weighted by Crippen LogP contribution is -2.35. The van der Waals surface area contributed by atoms with Gasteiger partial charge in [0.25, 0.3) is 0 Å². The van der Waals surface area contributed by atoms with E-state index in [2.05, 4.69) is 0 Å². The number of benzene rings is 2. The van der Waals surface area contributed by atoms with Gasteiger partial charge in [0, 0.05) is 10.6 Å². The second-order valence-corrected chi connectivity index (χ2v) is 8.67. The summed E-state index contributed by atoms with van der Waals surface area (Å²) in [5.41, 5.74) is -0.242. The van der Waals surface area contributed by atoms with E-state index in [0.29, 0.717) is 5.02 Å². The summed E-state index contributed by atoms with van der Waals surface area (Å²) in [5, 5.41) is 10.3. The van der Waals surface area contributed by atoms with Gasteiger partial charge in [-0.05, 0) is 61.7 Å². The van der Waals surface area contributed by atoms with Crippen LogP contribution in [0.1, 0.15) is 24.8 Å². The first kappa shape index (κ1) is 17.3. The van der Waals surface area contributed by atoms with Crippen LogP contribution < -0.4 is 0 Å². The Labute approximate surface area is 143 Å². The molecule has 0 aromatic heterocycles. The number of halogens is 3.